The first kappa shape index (κ1) is 21.4. The molecule has 22 heavy (non-hydrogen) atoms. The molecule has 0 saturated heterocycles. The Morgan fingerprint density at radius 3 is 1.77 bits per heavy atom. The van der Waals surface area contributed by atoms with Gasteiger partial charge in [-0.15, -0.1) is 0 Å². The normalized spacial score (nSPS) is 14.4. The van der Waals surface area contributed by atoms with Crippen LogP contribution in [0.5, 0.6) is 0 Å². The molecule has 0 spiro atoms. The van der Waals surface area contributed by atoms with Gasteiger partial charge < -0.3 is 14.6 Å². The smallest absolute Gasteiger partial charge is 0.437 e. The summed E-state index contributed by atoms with van der Waals surface area (Å²) in [6.07, 6.45) is -12.6. The highest BCUT2D eigenvalue weighted by Crippen LogP contribution is 2.43. The van der Waals surface area contributed by atoms with Gasteiger partial charge in [-0.05, 0) is 0 Å². The van der Waals surface area contributed by atoms with Crippen LogP contribution in [0.2, 0.25) is 0 Å². The van der Waals surface area contributed by atoms with E-state index in [4.69, 9.17) is 5.11 Å². The fourth-order valence-electron chi connectivity index (χ4n) is 0.927. The standard InChI is InChI=1S/C9H8Br2F6O5/c10-3-4(11)5(18)21-1-2-22-6(19)7(20,8(12,13)14)9(15,16)17/h4,20H,1-3H2. The number of rotatable bonds is 6. The molecule has 1 unspecified atom stereocenters. The molecule has 5 nitrogen and oxygen atoms in total. The summed E-state index contributed by atoms with van der Waals surface area (Å²) in [4.78, 5) is 21.2. The largest absolute Gasteiger partial charge is 0.461 e. The van der Waals surface area contributed by atoms with Crippen molar-refractivity contribution in [2.24, 2.45) is 0 Å². The Bertz CT molecular complexity index is 396. The molecule has 0 fully saturated rings. The van der Waals surface area contributed by atoms with Crippen LogP contribution < -0.4 is 0 Å². The summed E-state index contributed by atoms with van der Waals surface area (Å²) in [7, 11) is 0. The highest BCUT2D eigenvalue weighted by atomic mass is 79.9. The molecule has 0 saturated carbocycles. The first-order valence-electron chi connectivity index (χ1n) is 5.18. The molecule has 0 bridgehead atoms. The Morgan fingerprint density at radius 2 is 1.41 bits per heavy atom. The summed E-state index contributed by atoms with van der Waals surface area (Å²) in [5, 5.41) is 8.77. The molecule has 0 aromatic rings. The van der Waals surface area contributed by atoms with Crippen molar-refractivity contribution in [3.05, 3.63) is 0 Å². The predicted octanol–water partition coefficient (Wildman–Crippen LogP) is 2.09. The van der Waals surface area contributed by atoms with Gasteiger partial charge in [0.2, 0.25) is 0 Å². The minimum absolute atomic E-state index is 0.132. The minimum Gasteiger partial charge on any atom is -0.461 e. The monoisotopic (exact) mass is 468 g/mol. The van der Waals surface area contributed by atoms with E-state index < -0.39 is 47.9 Å². The summed E-state index contributed by atoms with van der Waals surface area (Å²) in [6, 6.07) is 0. The first-order chi connectivity index (χ1) is 9.79. The predicted molar refractivity (Wildman–Crippen MR) is 65.5 cm³/mol. The third kappa shape index (κ3) is 4.98. The second-order valence-corrected chi connectivity index (χ2v) is 5.38. The van der Waals surface area contributed by atoms with Gasteiger partial charge >= 0.3 is 29.9 Å². The SMILES string of the molecule is O=C(OCCOC(=O)C(O)(C(F)(F)F)C(F)(F)F)C(Br)CBr. The van der Waals surface area contributed by atoms with Crippen molar-refractivity contribution in [2.75, 3.05) is 18.5 Å². The van der Waals surface area contributed by atoms with Gasteiger partial charge in [0, 0.05) is 5.33 Å². The van der Waals surface area contributed by atoms with Gasteiger partial charge in [0.05, 0.1) is 0 Å². The lowest BCUT2D eigenvalue weighted by Gasteiger charge is -2.29. The summed E-state index contributed by atoms with van der Waals surface area (Å²) in [6.45, 7) is -1.88. The number of hydrogen-bond acceptors (Lipinski definition) is 5. The third-order valence-electron chi connectivity index (χ3n) is 2.07. The number of aliphatic hydroxyl groups is 1. The minimum atomic E-state index is -6.32. The fourth-order valence-corrected chi connectivity index (χ4v) is 1.32. The molecule has 0 amide bonds. The number of halogens is 8. The van der Waals surface area contributed by atoms with Crippen LogP contribution in [0.25, 0.3) is 0 Å². The third-order valence-corrected chi connectivity index (χ3v) is 4.28. The molecule has 0 radical (unpaired) electrons. The Labute approximate surface area is 136 Å². The van der Waals surface area contributed by atoms with Crippen molar-refractivity contribution in [3.63, 3.8) is 0 Å². The summed E-state index contributed by atoms with van der Waals surface area (Å²) >= 11 is 5.74. The highest BCUT2D eigenvalue weighted by molar-refractivity contribution is 9.12. The number of hydrogen-bond donors (Lipinski definition) is 1. The van der Waals surface area contributed by atoms with Crippen LogP contribution in [0.1, 0.15) is 0 Å². The van der Waals surface area contributed by atoms with E-state index in [-0.39, 0.29) is 5.33 Å². The Balaban J connectivity index is 4.67. The molecule has 0 aliphatic rings. The molecule has 0 aromatic heterocycles. The maximum Gasteiger partial charge on any atom is 0.437 e. The zero-order valence-corrected chi connectivity index (χ0v) is 13.5. The number of carbonyl (C=O) groups is 2. The number of esters is 2. The quantitative estimate of drug-likeness (QED) is 0.279. The first-order valence-corrected chi connectivity index (χ1v) is 7.22. The van der Waals surface area contributed by atoms with Gasteiger partial charge in [-0.2, -0.15) is 26.3 Å². The van der Waals surface area contributed by atoms with Crippen LogP contribution >= 0.6 is 31.9 Å². The van der Waals surface area contributed by atoms with Gasteiger partial charge in [-0.3, -0.25) is 4.79 Å². The summed E-state index contributed by atoms with van der Waals surface area (Å²) < 4.78 is 81.7. The van der Waals surface area contributed by atoms with Crippen molar-refractivity contribution < 1.29 is 50.5 Å². The number of carbonyl (C=O) groups excluding carboxylic acids is 2. The van der Waals surface area contributed by atoms with Crippen LogP contribution in [0.4, 0.5) is 26.3 Å². The molecular weight excluding hydrogens is 462 g/mol. The van der Waals surface area contributed by atoms with Crippen LogP contribution in [0.3, 0.4) is 0 Å². The van der Waals surface area contributed by atoms with Crippen LogP contribution in [-0.2, 0) is 19.1 Å². The molecule has 1 atom stereocenters. The topological polar surface area (TPSA) is 72.8 Å². The van der Waals surface area contributed by atoms with E-state index >= 15 is 0 Å². The van der Waals surface area contributed by atoms with Crippen LogP contribution in [-0.4, -0.2) is 58.4 Å². The average Bonchev–Trinajstić information content (AvgIpc) is 2.38. The number of ether oxygens (including phenoxy) is 2. The maximum atomic E-state index is 12.3. The second kappa shape index (κ2) is 7.81. The maximum absolute atomic E-state index is 12.3. The van der Waals surface area contributed by atoms with E-state index in [2.05, 4.69) is 41.3 Å². The fraction of sp³-hybridized carbons (Fsp3) is 0.778. The molecule has 0 aliphatic carbocycles. The zero-order valence-electron chi connectivity index (χ0n) is 10.3. The van der Waals surface area contributed by atoms with Gasteiger partial charge in [0.15, 0.2) is 0 Å². The Hall–Kier alpha value is -0.560. The lowest BCUT2D eigenvalue weighted by molar-refractivity contribution is -0.357. The summed E-state index contributed by atoms with van der Waals surface area (Å²) in [5.74, 6) is -3.84. The van der Waals surface area contributed by atoms with E-state index in [0.717, 1.165) is 0 Å². The van der Waals surface area contributed by atoms with Gasteiger partial charge in [0.1, 0.15) is 18.0 Å². The van der Waals surface area contributed by atoms with Crippen molar-refractivity contribution >= 4 is 43.8 Å². The lowest BCUT2D eigenvalue weighted by Crippen LogP contribution is -2.63. The molecule has 130 valence electrons. The van der Waals surface area contributed by atoms with Crippen molar-refractivity contribution in [3.8, 4) is 0 Å². The van der Waals surface area contributed by atoms with Gasteiger partial charge in [-0.1, -0.05) is 31.9 Å². The van der Waals surface area contributed by atoms with E-state index in [1.807, 2.05) is 0 Å². The van der Waals surface area contributed by atoms with Crippen molar-refractivity contribution in [2.45, 2.75) is 22.8 Å². The van der Waals surface area contributed by atoms with E-state index in [1.165, 1.54) is 0 Å². The molecule has 0 aliphatic heterocycles. The molecule has 0 aromatic carbocycles. The Morgan fingerprint density at radius 1 is 1.00 bits per heavy atom. The average molecular weight is 470 g/mol. The van der Waals surface area contributed by atoms with Gasteiger partial charge in [0.25, 0.3) is 0 Å². The highest BCUT2D eigenvalue weighted by Gasteiger charge is 2.76. The molecule has 0 heterocycles. The van der Waals surface area contributed by atoms with Crippen molar-refractivity contribution in [1.82, 2.24) is 0 Å². The molecule has 13 heteroatoms. The zero-order chi connectivity index (χ0) is 17.8. The Kier molecular flexibility index (Phi) is 7.62. The lowest BCUT2D eigenvalue weighted by atomic mass is 10.0. The van der Waals surface area contributed by atoms with Crippen LogP contribution in [0.15, 0.2) is 0 Å². The number of alkyl halides is 8. The van der Waals surface area contributed by atoms with E-state index in [0.29, 0.717) is 0 Å². The van der Waals surface area contributed by atoms with E-state index in [1.54, 1.807) is 0 Å². The van der Waals surface area contributed by atoms with Gasteiger partial charge in [-0.25, -0.2) is 4.79 Å². The summed E-state index contributed by atoms with van der Waals surface area (Å²) in [5.41, 5.74) is -5.65. The molecule has 0 rings (SSSR count). The second-order valence-electron chi connectivity index (χ2n) is 3.63. The van der Waals surface area contributed by atoms with E-state index in [9.17, 15) is 35.9 Å². The van der Waals surface area contributed by atoms with Crippen molar-refractivity contribution in [1.29, 1.82) is 0 Å². The van der Waals surface area contributed by atoms with Crippen LogP contribution in [0, 0.1) is 0 Å². The molecular formula is C9H8Br2F6O5. The molecule has 1 N–H and O–H groups in total.